The van der Waals surface area contributed by atoms with Gasteiger partial charge in [-0.2, -0.15) is 5.10 Å². The number of amides is 1. The third kappa shape index (κ3) is 2.84. The Balaban J connectivity index is 0.00000156. The molecule has 2 heterocycles. The second kappa shape index (κ2) is 6.51. The molecule has 122 valence electrons. The van der Waals surface area contributed by atoms with E-state index in [9.17, 15) is 4.79 Å². The number of aromatic nitrogens is 2. The molecule has 0 spiro atoms. The fourth-order valence-electron chi connectivity index (χ4n) is 3.40. The van der Waals surface area contributed by atoms with Crippen molar-refractivity contribution in [2.45, 2.75) is 31.8 Å². The number of nitrogens with zero attached hydrogens (tertiary/aromatic N) is 1. The minimum atomic E-state index is -0.112. The van der Waals surface area contributed by atoms with Gasteiger partial charge in [0, 0.05) is 35.8 Å². The molecule has 1 aromatic carbocycles. The Bertz CT molecular complexity index is 744. The van der Waals surface area contributed by atoms with Crippen molar-refractivity contribution in [2.24, 2.45) is 0 Å². The Labute approximate surface area is 145 Å². The van der Waals surface area contributed by atoms with Crippen LogP contribution in [0.1, 0.15) is 45.3 Å². The highest BCUT2D eigenvalue weighted by atomic mass is 35.5. The molecule has 2 aliphatic rings. The summed E-state index contributed by atoms with van der Waals surface area (Å²) < 4.78 is 0. The van der Waals surface area contributed by atoms with Crippen molar-refractivity contribution in [3.63, 3.8) is 0 Å². The first-order valence-electron chi connectivity index (χ1n) is 7.59. The molecule has 1 aliphatic carbocycles. The molecule has 0 fully saturated rings. The highest BCUT2D eigenvalue weighted by Gasteiger charge is 2.28. The predicted molar refractivity (Wildman–Crippen MR) is 91.2 cm³/mol. The first kappa shape index (κ1) is 16.3. The zero-order valence-electron chi connectivity index (χ0n) is 12.5. The number of aromatic amines is 1. The summed E-state index contributed by atoms with van der Waals surface area (Å²) in [4.78, 5) is 12.6. The molecule has 2 aromatic rings. The Morgan fingerprint density at radius 3 is 3.04 bits per heavy atom. The SMILES string of the molecule is Cl.O=C(NC1CCc2c(Cl)cccc21)c1n[nH]c2c1CNCC2. The van der Waals surface area contributed by atoms with Gasteiger partial charge in [0.15, 0.2) is 5.69 Å². The molecule has 0 saturated carbocycles. The summed E-state index contributed by atoms with van der Waals surface area (Å²) in [5.74, 6) is -0.112. The number of benzene rings is 1. The number of carbonyl (C=O) groups excluding carboxylic acids is 1. The molecule has 0 saturated heterocycles. The van der Waals surface area contributed by atoms with Crippen LogP contribution in [0.3, 0.4) is 0 Å². The average molecular weight is 353 g/mol. The average Bonchev–Trinajstić information content (AvgIpc) is 3.12. The van der Waals surface area contributed by atoms with Crippen LogP contribution in [0.25, 0.3) is 0 Å². The monoisotopic (exact) mass is 352 g/mol. The number of hydrogen-bond donors (Lipinski definition) is 3. The first-order chi connectivity index (χ1) is 10.7. The minimum absolute atomic E-state index is 0. The Kier molecular flexibility index (Phi) is 4.62. The number of fused-ring (bicyclic) bond motifs is 2. The second-order valence-corrected chi connectivity index (χ2v) is 6.24. The molecule has 1 unspecified atom stereocenters. The van der Waals surface area contributed by atoms with Gasteiger partial charge in [0.05, 0.1) is 6.04 Å². The number of halogens is 2. The molecule has 23 heavy (non-hydrogen) atoms. The molecule has 1 amide bonds. The molecule has 4 rings (SSSR count). The zero-order chi connectivity index (χ0) is 15.1. The maximum Gasteiger partial charge on any atom is 0.272 e. The van der Waals surface area contributed by atoms with E-state index in [0.717, 1.165) is 53.2 Å². The molecule has 0 radical (unpaired) electrons. The van der Waals surface area contributed by atoms with E-state index < -0.39 is 0 Å². The summed E-state index contributed by atoms with van der Waals surface area (Å²) in [6.45, 7) is 1.62. The molecule has 0 bridgehead atoms. The van der Waals surface area contributed by atoms with Gasteiger partial charge in [-0.3, -0.25) is 9.89 Å². The van der Waals surface area contributed by atoms with Gasteiger partial charge in [0.2, 0.25) is 0 Å². The van der Waals surface area contributed by atoms with Crippen LogP contribution in [0.2, 0.25) is 5.02 Å². The summed E-state index contributed by atoms with van der Waals surface area (Å²) in [6, 6.07) is 5.90. The Morgan fingerprint density at radius 2 is 2.17 bits per heavy atom. The zero-order valence-corrected chi connectivity index (χ0v) is 14.1. The Hall–Kier alpha value is -1.56. The fraction of sp³-hybridized carbons (Fsp3) is 0.375. The van der Waals surface area contributed by atoms with Crippen LogP contribution >= 0.6 is 24.0 Å². The van der Waals surface area contributed by atoms with Gasteiger partial charge in [-0.1, -0.05) is 23.7 Å². The van der Waals surface area contributed by atoms with Gasteiger partial charge in [-0.25, -0.2) is 0 Å². The van der Waals surface area contributed by atoms with Crippen molar-refractivity contribution >= 4 is 29.9 Å². The largest absolute Gasteiger partial charge is 0.344 e. The normalized spacial score (nSPS) is 18.7. The number of carbonyl (C=O) groups is 1. The maximum atomic E-state index is 12.6. The number of rotatable bonds is 2. The summed E-state index contributed by atoms with van der Waals surface area (Å²) in [6.07, 6.45) is 2.67. The van der Waals surface area contributed by atoms with Gasteiger partial charge in [-0.05, 0) is 30.0 Å². The van der Waals surface area contributed by atoms with Crippen molar-refractivity contribution in [2.75, 3.05) is 6.54 Å². The molecular weight excluding hydrogens is 335 g/mol. The fourth-order valence-corrected chi connectivity index (χ4v) is 3.68. The lowest BCUT2D eigenvalue weighted by Crippen LogP contribution is -2.30. The van der Waals surface area contributed by atoms with Gasteiger partial charge >= 0.3 is 0 Å². The molecule has 7 heteroatoms. The van der Waals surface area contributed by atoms with Gasteiger partial charge in [-0.15, -0.1) is 12.4 Å². The quantitative estimate of drug-likeness (QED) is 0.777. The summed E-state index contributed by atoms with van der Waals surface area (Å²) in [5, 5.41) is 14.4. The van der Waals surface area contributed by atoms with Gasteiger partial charge < -0.3 is 10.6 Å². The lowest BCUT2D eigenvalue weighted by atomic mass is 10.1. The van der Waals surface area contributed by atoms with Crippen LogP contribution in [0.5, 0.6) is 0 Å². The van der Waals surface area contributed by atoms with E-state index >= 15 is 0 Å². The molecule has 1 aromatic heterocycles. The smallest absolute Gasteiger partial charge is 0.272 e. The number of H-pyrrole nitrogens is 1. The third-order valence-corrected chi connectivity index (χ3v) is 4.89. The predicted octanol–water partition coefficient (Wildman–Crippen LogP) is 2.55. The van der Waals surface area contributed by atoms with Gasteiger partial charge in [0.25, 0.3) is 5.91 Å². The molecule has 3 N–H and O–H groups in total. The van der Waals surface area contributed by atoms with Crippen LogP contribution in [0, 0.1) is 0 Å². The molecule has 1 atom stereocenters. The minimum Gasteiger partial charge on any atom is -0.344 e. The highest BCUT2D eigenvalue weighted by Crippen LogP contribution is 2.35. The summed E-state index contributed by atoms with van der Waals surface area (Å²) in [5.41, 5.74) is 4.85. The van der Waals surface area contributed by atoms with Crippen LogP contribution in [-0.4, -0.2) is 22.6 Å². The van der Waals surface area contributed by atoms with E-state index in [4.69, 9.17) is 11.6 Å². The van der Waals surface area contributed by atoms with Crippen molar-refractivity contribution in [3.8, 4) is 0 Å². The second-order valence-electron chi connectivity index (χ2n) is 5.83. The van der Waals surface area contributed by atoms with Crippen molar-refractivity contribution in [3.05, 3.63) is 51.3 Å². The standard InChI is InChI=1S/C16H17ClN4O.ClH/c17-12-3-1-2-10-9(12)4-5-13(10)19-16(22)15-11-8-18-7-6-14(11)20-21-15;/h1-3,13,18H,4-8H2,(H,19,22)(H,20,21);1H. The van der Waals surface area contributed by atoms with Crippen molar-refractivity contribution in [1.29, 1.82) is 0 Å². The summed E-state index contributed by atoms with van der Waals surface area (Å²) in [7, 11) is 0. The van der Waals surface area contributed by atoms with Crippen LogP contribution in [0.15, 0.2) is 18.2 Å². The van der Waals surface area contributed by atoms with E-state index in [2.05, 4.69) is 20.8 Å². The van der Waals surface area contributed by atoms with E-state index in [1.807, 2.05) is 18.2 Å². The maximum absolute atomic E-state index is 12.6. The topological polar surface area (TPSA) is 69.8 Å². The summed E-state index contributed by atoms with van der Waals surface area (Å²) >= 11 is 6.23. The van der Waals surface area contributed by atoms with Crippen molar-refractivity contribution < 1.29 is 4.79 Å². The van der Waals surface area contributed by atoms with E-state index in [1.165, 1.54) is 0 Å². The third-order valence-electron chi connectivity index (χ3n) is 4.54. The van der Waals surface area contributed by atoms with Crippen molar-refractivity contribution in [1.82, 2.24) is 20.8 Å². The van der Waals surface area contributed by atoms with Gasteiger partial charge in [0.1, 0.15) is 0 Å². The molecule has 1 aliphatic heterocycles. The molecule has 5 nitrogen and oxygen atoms in total. The molecular formula is C16H18Cl2N4O. The van der Waals surface area contributed by atoms with Crippen LogP contribution in [-0.2, 0) is 19.4 Å². The number of nitrogens with one attached hydrogen (secondary N) is 3. The Morgan fingerprint density at radius 1 is 1.30 bits per heavy atom. The van der Waals surface area contributed by atoms with E-state index in [-0.39, 0.29) is 24.4 Å². The number of hydrogen-bond acceptors (Lipinski definition) is 3. The van der Waals surface area contributed by atoms with Crippen LogP contribution in [0.4, 0.5) is 0 Å². The first-order valence-corrected chi connectivity index (χ1v) is 7.97. The highest BCUT2D eigenvalue weighted by molar-refractivity contribution is 6.31. The van der Waals surface area contributed by atoms with E-state index in [0.29, 0.717) is 12.2 Å². The van der Waals surface area contributed by atoms with Crippen LogP contribution < -0.4 is 10.6 Å². The lowest BCUT2D eigenvalue weighted by Gasteiger charge is -2.16. The van der Waals surface area contributed by atoms with E-state index in [1.54, 1.807) is 0 Å². The lowest BCUT2D eigenvalue weighted by molar-refractivity contribution is 0.0930.